The van der Waals surface area contributed by atoms with Gasteiger partial charge in [0.25, 0.3) is 0 Å². The molecule has 1 unspecified atom stereocenters. The zero-order valence-electron chi connectivity index (χ0n) is 8.55. The van der Waals surface area contributed by atoms with Crippen LogP contribution in [0.25, 0.3) is 0 Å². The molecule has 0 saturated carbocycles. The number of ketones is 1. The van der Waals surface area contributed by atoms with Gasteiger partial charge in [0.1, 0.15) is 18.5 Å². The Morgan fingerprint density at radius 2 is 2.06 bits per heavy atom. The molecule has 1 aliphatic heterocycles. The van der Waals surface area contributed by atoms with Gasteiger partial charge in [-0.3, -0.25) is 4.79 Å². The summed E-state index contributed by atoms with van der Waals surface area (Å²) in [5.74, 6) is -0.596. The summed E-state index contributed by atoms with van der Waals surface area (Å²) >= 11 is 0. The van der Waals surface area contributed by atoms with Crippen LogP contribution >= 0.6 is 0 Å². The average Bonchev–Trinajstić information content (AvgIpc) is 2.27. The SMILES string of the molecule is O=C1CC(CF)Oc2cc(C(F)(F)F)ccc21. The monoisotopic (exact) mass is 248 g/mol. The summed E-state index contributed by atoms with van der Waals surface area (Å²) in [6, 6.07) is 2.61. The summed E-state index contributed by atoms with van der Waals surface area (Å²) in [6.07, 6.45) is -5.64. The highest BCUT2D eigenvalue weighted by Gasteiger charge is 2.34. The Morgan fingerprint density at radius 3 is 2.65 bits per heavy atom. The molecular weight excluding hydrogens is 240 g/mol. The molecule has 2 rings (SSSR count). The summed E-state index contributed by atoms with van der Waals surface area (Å²) in [5.41, 5.74) is -0.841. The molecule has 1 aromatic rings. The molecule has 0 bridgehead atoms. The van der Waals surface area contributed by atoms with Crippen LogP contribution in [-0.2, 0) is 6.18 Å². The van der Waals surface area contributed by atoms with Crippen molar-refractivity contribution in [3.05, 3.63) is 29.3 Å². The van der Waals surface area contributed by atoms with Gasteiger partial charge in [-0.05, 0) is 18.2 Å². The Kier molecular flexibility index (Phi) is 2.81. The van der Waals surface area contributed by atoms with E-state index in [4.69, 9.17) is 4.74 Å². The molecule has 0 N–H and O–H groups in total. The topological polar surface area (TPSA) is 26.3 Å². The summed E-state index contributed by atoms with van der Waals surface area (Å²) in [7, 11) is 0. The third kappa shape index (κ3) is 2.25. The molecule has 0 amide bonds. The second kappa shape index (κ2) is 4.01. The highest BCUT2D eigenvalue weighted by atomic mass is 19.4. The zero-order valence-corrected chi connectivity index (χ0v) is 8.55. The summed E-state index contributed by atoms with van der Waals surface area (Å²) in [6.45, 7) is -0.901. The van der Waals surface area contributed by atoms with Crippen LogP contribution in [0.4, 0.5) is 17.6 Å². The van der Waals surface area contributed by atoms with Gasteiger partial charge in [-0.2, -0.15) is 13.2 Å². The summed E-state index contributed by atoms with van der Waals surface area (Å²) in [4.78, 5) is 11.5. The lowest BCUT2D eigenvalue weighted by Crippen LogP contribution is -2.28. The number of carbonyl (C=O) groups excluding carboxylic acids is 1. The van der Waals surface area contributed by atoms with E-state index in [0.29, 0.717) is 0 Å². The van der Waals surface area contributed by atoms with Gasteiger partial charge in [0.15, 0.2) is 5.78 Å². The minimum Gasteiger partial charge on any atom is -0.486 e. The van der Waals surface area contributed by atoms with Crippen LogP contribution in [0.15, 0.2) is 18.2 Å². The van der Waals surface area contributed by atoms with E-state index in [9.17, 15) is 22.4 Å². The molecule has 1 aromatic carbocycles. The Bertz CT molecular complexity index is 453. The fraction of sp³-hybridized carbons (Fsp3) is 0.364. The van der Waals surface area contributed by atoms with Gasteiger partial charge in [-0.1, -0.05) is 0 Å². The van der Waals surface area contributed by atoms with E-state index in [2.05, 4.69) is 0 Å². The van der Waals surface area contributed by atoms with Gasteiger partial charge in [-0.25, -0.2) is 4.39 Å². The highest BCUT2D eigenvalue weighted by molar-refractivity contribution is 6.00. The molecule has 2 nitrogen and oxygen atoms in total. The van der Waals surface area contributed by atoms with Crippen molar-refractivity contribution in [2.24, 2.45) is 0 Å². The van der Waals surface area contributed by atoms with Crippen molar-refractivity contribution in [1.82, 2.24) is 0 Å². The predicted octanol–water partition coefficient (Wildman–Crippen LogP) is 3.01. The first-order chi connectivity index (χ1) is 7.91. The minimum absolute atomic E-state index is 0.0719. The van der Waals surface area contributed by atoms with Crippen LogP contribution in [-0.4, -0.2) is 18.6 Å². The Labute approximate surface area is 94.2 Å². The van der Waals surface area contributed by atoms with Crippen molar-refractivity contribution in [3.63, 3.8) is 0 Å². The fourth-order valence-corrected chi connectivity index (χ4v) is 1.65. The molecule has 0 saturated heterocycles. The molecule has 0 spiro atoms. The Morgan fingerprint density at radius 1 is 1.35 bits per heavy atom. The van der Waals surface area contributed by atoms with Crippen molar-refractivity contribution in [1.29, 1.82) is 0 Å². The van der Waals surface area contributed by atoms with Crippen LogP contribution in [0.1, 0.15) is 22.3 Å². The first-order valence-corrected chi connectivity index (χ1v) is 4.89. The average molecular weight is 248 g/mol. The number of carbonyl (C=O) groups is 1. The van der Waals surface area contributed by atoms with Gasteiger partial charge in [-0.15, -0.1) is 0 Å². The number of benzene rings is 1. The third-order valence-corrected chi connectivity index (χ3v) is 2.49. The first kappa shape index (κ1) is 11.9. The van der Waals surface area contributed by atoms with E-state index in [1.165, 1.54) is 0 Å². The van der Waals surface area contributed by atoms with E-state index in [1.54, 1.807) is 0 Å². The minimum atomic E-state index is -4.51. The van der Waals surface area contributed by atoms with Crippen molar-refractivity contribution in [3.8, 4) is 5.75 Å². The van der Waals surface area contributed by atoms with Crippen LogP contribution in [0.3, 0.4) is 0 Å². The van der Waals surface area contributed by atoms with Crippen molar-refractivity contribution in [2.45, 2.75) is 18.7 Å². The summed E-state index contributed by atoms with van der Waals surface area (Å²) < 4.78 is 54.6. The maximum Gasteiger partial charge on any atom is 0.416 e. The first-order valence-electron chi connectivity index (χ1n) is 4.89. The van der Waals surface area contributed by atoms with Crippen molar-refractivity contribution < 1.29 is 27.1 Å². The lowest BCUT2D eigenvalue weighted by molar-refractivity contribution is -0.137. The molecular formula is C11H8F4O2. The van der Waals surface area contributed by atoms with E-state index in [1.807, 2.05) is 0 Å². The van der Waals surface area contributed by atoms with Crippen molar-refractivity contribution in [2.75, 3.05) is 6.67 Å². The molecule has 92 valence electrons. The smallest absolute Gasteiger partial charge is 0.416 e. The zero-order chi connectivity index (χ0) is 12.6. The number of fused-ring (bicyclic) bond motifs is 1. The van der Waals surface area contributed by atoms with Crippen LogP contribution < -0.4 is 4.74 Å². The van der Waals surface area contributed by atoms with Crippen molar-refractivity contribution >= 4 is 5.78 Å². The Hall–Kier alpha value is -1.59. The standard InChI is InChI=1S/C11H8F4O2/c12-5-7-4-9(16)8-2-1-6(11(13,14)15)3-10(8)17-7/h1-3,7H,4-5H2. The maximum atomic E-state index is 12.4. The number of alkyl halides is 4. The molecule has 0 aliphatic carbocycles. The molecule has 1 aliphatic rings. The summed E-state index contributed by atoms with van der Waals surface area (Å²) in [5, 5.41) is 0. The van der Waals surface area contributed by atoms with E-state index < -0.39 is 30.3 Å². The quantitative estimate of drug-likeness (QED) is 0.714. The van der Waals surface area contributed by atoms with Gasteiger partial charge in [0.2, 0.25) is 0 Å². The number of hydrogen-bond acceptors (Lipinski definition) is 2. The lowest BCUT2D eigenvalue weighted by Gasteiger charge is -2.23. The number of ether oxygens (including phenoxy) is 1. The highest BCUT2D eigenvalue weighted by Crippen LogP contribution is 2.35. The third-order valence-electron chi connectivity index (χ3n) is 2.49. The molecule has 0 fully saturated rings. The molecule has 0 aromatic heterocycles. The molecule has 1 atom stereocenters. The number of Topliss-reactive ketones (excluding diaryl/α,β-unsaturated/α-hetero) is 1. The van der Waals surface area contributed by atoms with E-state index in [0.717, 1.165) is 18.2 Å². The normalized spacial score (nSPS) is 19.8. The van der Waals surface area contributed by atoms with Gasteiger partial charge >= 0.3 is 6.18 Å². The van der Waals surface area contributed by atoms with Gasteiger partial charge in [0.05, 0.1) is 17.5 Å². The molecule has 1 heterocycles. The second-order valence-electron chi connectivity index (χ2n) is 3.73. The number of halogens is 4. The fourth-order valence-electron chi connectivity index (χ4n) is 1.65. The Balaban J connectivity index is 2.41. The van der Waals surface area contributed by atoms with Gasteiger partial charge < -0.3 is 4.74 Å². The number of hydrogen-bond donors (Lipinski definition) is 0. The van der Waals surface area contributed by atoms with E-state index in [-0.39, 0.29) is 17.7 Å². The molecule has 17 heavy (non-hydrogen) atoms. The maximum absolute atomic E-state index is 12.4. The molecule has 0 radical (unpaired) electrons. The van der Waals surface area contributed by atoms with Gasteiger partial charge in [0, 0.05) is 0 Å². The van der Waals surface area contributed by atoms with Crippen LogP contribution in [0, 0.1) is 0 Å². The van der Waals surface area contributed by atoms with Crippen LogP contribution in [0.2, 0.25) is 0 Å². The van der Waals surface area contributed by atoms with E-state index >= 15 is 0 Å². The molecule has 6 heteroatoms. The predicted molar refractivity (Wildman–Crippen MR) is 50.8 cm³/mol. The largest absolute Gasteiger partial charge is 0.486 e. The second-order valence-corrected chi connectivity index (χ2v) is 3.73. The number of rotatable bonds is 1. The van der Waals surface area contributed by atoms with Crippen LogP contribution in [0.5, 0.6) is 5.75 Å². The lowest BCUT2D eigenvalue weighted by atomic mass is 9.99.